The summed E-state index contributed by atoms with van der Waals surface area (Å²) in [6.07, 6.45) is 0.157. The van der Waals surface area contributed by atoms with Crippen LogP contribution in [-0.2, 0) is 22.7 Å². The van der Waals surface area contributed by atoms with Crippen molar-refractivity contribution in [3.63, 3.8) is 0 Å². The average molecular weight is 458 g/mol. The van der Waals surface area contributed by atoms with Gasteiger partial charge in [-0.1, -0.05) is 54.6 Å². The lowest BCUT2D eigenvalue weighted by Gasteiger charge is -2.17. The highest BCUT2D eigenvalue weighted by atomic mass is 16.5. The van der Waals surface area contributed by atoms with Crippen LogP contribution in [0.15, 0.2) is 78.9 Å². The molecule has 34 heavy (non-hydrogen) atoms. The van der Waals surface area contributed by atoms with E-state index in [1.54, 1.807) is 36.3 Å². The third-order valence-corrected chi connectivity index (χ3v) is 5.84. The van der Waals surface area contributed by atoms with Crippen molar-refractivity contribution >= 4 is 23.4 Å². The zero-order valence-electron chi connectivity index (χ0n) is 19.0. The highest BCUT2D eigenvalue weighted by molar-refractivity contribution is 6.05. The fourth-order valence-electron chi connectivity index (χ4n) is 3.95. The van der Waals surface area contributed by atoms with Crippen molar-refractivity contribution in [2.24, 2.45) is 5.92 Å². The van der Waals surface area contributed by atoms with Gasteiger partial charge in [0.25, 0.3) is 5.91 Å². The molecule has 7 heteroatoms. The average Bonchev–Trinajstić information content (AvgIpc) is 3.24. The highest BCUT2D eigenvalue weighted by Crippen LogP contribution is 2.23. The van der Waals surface area contributed by atoms with Gasteiger partial charge in [0.1, 0.15) is 5.75 Å². The van der Waals surface area contributed by atoms with Crippen LogP contribution in [0.4, 0.5) is 5.69 Å². The van der Waals surface area contributed by atoms with Gasteiger partial charge in [0.15, 0.2) is 0 Å². The van der Waals surface area contributed by atoms with Crippen molar-refractivity contribution in [3.05, 3.63) is 95.6 Å². The Labute approximate surface area is 198 Å². The summed E-state index contributed by atoms with van der Waals surface area (Å²) in [6, 6.07) is 24.0. The van der Waals surface area contributed by atoms with Crippen LogP contribution in [0, 0.1) is 5.92 Å². The van der Waals surface area contributed by atoms with E-state index < -0.39 is 5.92 Å². The van der Waals surface area contributed by atoms with Crippen LogP contribution in [0.3, 0.4) is 0 Å². The van der Waals surface area contributed by atoms with Crippen LogP contribution < -0.4 is 15.4 Å². The lowest BCUT2D eigenvalue weighted by molar-refractivity contribution is -0.128. The first-order valence-electron chi connectivity index (χ1n) is 11.2. The first-order chi connectivity index (χ1) is 16.5. The molecule has 3 aromatic rings. The minimum Gasteiger partial charge on any atom is -0.497 e. The van der Waals surface area contributed by atoms with Crippen molar-refractivity contribution in [1.29, 1.82) is 0 Å². The number of rotatable bonds is 8. The van der Waals surface area contributed by atoms with E-state index in [1.165, 1.54) is 0 Å². The van der Waals surface area contributed by atoms with Gasteiger partial charge < -0.3 is 20.3 Å². The second kappa shape index (κ2) is 10.7. The SMILES string of the molecule is COc1ccc(CNC(=O)c2ccccc2NC(=O)[C@H]2CC(=O)N(Cc3ccccc3)C2)cc1. The predicted molar refractivity (Wildman–Crippen MR) is 129 cm³/mol. The fourth-order valence-corrected chi connectivity index (χ4v) is 3.95. The van der Waals surface area contributed by atoms with Crippen LogP contribution in [0.2, 0.25) is 0 Å². The van der Waals surface area contributed by atoms with Crippen LogP contribution in [0.5, 0.6) is 5.75 Å². The van der Waals surface area contributed by atoms with E-state index >= 15 is 0 Å². The van der Waals surface area contributed by atoms with Gasteiger partial charge >= 0.3 is 0 Å². The Morgan fingerprint density at radius 1 is 0.941 bits per heavy atom. The van der Waals surface area contributed by atoms with E-state index in [0.29, 0.717) is 30.9 Å². The molecule has 7 nitrogen and oxygen atoms in total. The molecule has 3 aromatic carbocycles. The molecule has 0 aromatic heterocycles. The zero-order chi connectivity index (χ0) is 23.9. The number of likely N-dealkylation sites (tertiary alicyclic amines) is 1. The Bertz CT molecular complexity index is 1160. The lowest BCUT2D eigenvalue weighted by Crippen LogP contribution is -2.29. The smallest absolute Gasteiger partial charge is 0.253 e. The molecule has 0 aliphatic carbocycles. The molecule has 0 bridgehead atoms. The first kappa shape index (κ1) is 23.0. The number of nitrogens with zero attached hydrogens (tertiary/aromatic N) is 1. The fraction of sp³-hybridized carbons (Fsp3) is 0.222. The summed E-state index contributed by atoms with van der Waals surface area (Å²) in [4.78, 5) is 39.9. The van der Waals surface area contributed by atoms with E-state index in [0.717, 1.165) is 16.9 Å². The van der Waals surface area contributed by atoms with E-state index in [-0.39, 0.29) is 24.1 Å². The van der Waals surface area contributed by atoms with Gasteiger partial charge in [0.05, 0.1) is 24.3 Å². The van der Waals surface area contributed by atoms with Gasteiger partial charge in [-0.25, -0.2) is 0 Å². The van der Waals surface area contributed by atoms with Gasteiger partial charge in [-0.15, -0.1) is 0 Å². The topological polar surface area (TPSA) is 87.7 Å². The summed E-state index contributed by atoms with van der Waals surface area (Å²) in [5.74, 6) is -0.323. The zero-order valence-corrected chi connectivity index (χ0v) is 19.0. The van der Waals surface area contributed by atoms with Crippen molar-refractivity contribution in [2.75, 3.05) is 19.0 Å². The molecule has 0 radical (unpaired) electrons. The molecule has 3 amide bonds. The molecule has 0 saturated carbocycles. The number of hydrogen-bond acceptors (Lipinski definition) is 4. The quantitative estimate of drug-likeness (QED) is 0.541. The van der Waals surface area contributed by atoms with Crippen molar-refractivity contribution < 1.29 is 19.1 Å². The van der Waals surface area contributed by atoms with E-state index in [4.69, 9.17) is 4.74 Å². The number of anilines is 1. The standard InChI is InChI=1S/C27H27N3O4/c1-34-22-13-11-19(12-14-22)16-28-27(33)23-9-5-6-10-24(23)29-26(32)21-15-25(31)30(18-21)17-20-7-3-2-4-8-20/h2-14,21H,15-18H2,1H3,(H,28,33)(H,29,32)/t21-/m0/s1. The molecule has 1 heterocycles. The molecule has 1 aliphatic heterocycles. The molecule has 2 N–H and O–H groups in total. The van der Waals surface area contributed by atoms with Gasteiger partial charge in [0.2, 0.25) is 11.8 Å². The number of para-hydroxylation sites is 1. The van der Waals surface area contributed by atoms with Crippen LogP contribution >= 0.6 is 0 Å². The molecule has 1 saturated heterocycles. The number of benzene rings is 3. The number of ether oxygens (including phenoxy) is 1. The van der Waals surface area contributed by atoms with E-state index in [9.17, 15) is 14.4 Å². The summed E-state index contributed by atoms with van der Waals surface area (Å²) in [7, 11) is 1.60. The Morgan fingerprint density at radius 2 is 1.65 bits per heavy atom. The highest BCUT2D eigenvalue weighted by Gasteiger charge is 2.34. The van der Waals surface area contributed by atoms with Crippen molar-refractivity contribution in [1.82, 2.24) is 10.2 Å². The summed E-state index contributed by atoms with van der Waals surface area (Å²) >= 11 is 0. The molecule has 1 atom stereocenters. The molecular formula is C27H27N3O4. The first-order valence-corrected chi connectivity index (χ1v) is 11.2. The second-order valence-electron chi connectivity index (χ2n) is 8.23. The normalized spacial score (nSPS) is 15.1. The van der Waals surface area contributed by atoms with E-state index in [1.807, 2.05) is 54.6 Å². The lowest BCUT2D eigenvalue weighted by atomic mass is 10.1. The van der Waals surface area contributed by atoms with Gasteiger partial charge in [-0.05, 0) is 35.4 Å². The number of methoxy groups -OCH3 is 1. The predicted octanol–water partition coefficient (Wildman–Crippen LogP) is 3.61. The number of nitrogens with one attached hydrogen (secondary N) is 2. The summed E-state index contributed by atoms with van der Waals surface area (Å²) in [5.41, 5.74) is 2.75. The Hall–Kier alpha value is -4.13. The van der Waals surface area contributed by atoms with Crippen molar-refractivity contribution in [2.45, 2.75) is 19.5 Å². The third-order valence-electron chi connectivity index (χ3n) is 5.84. The van der Waals surface area contributed by atoms with Gasteiger partial charge in [-0.3, -0.25) is 14.4 Å². The maximum atomic E-state index is 12.9. The van der Waals surface area contributed by atoms with Gasteiger partial charge in [0, 0.05) is 26.1 Å². The molecule has 1 fully saturated rings. The maximum Gasteiger partial charge on any atom is 0.253 e. The molecule has 4 rings (SSSR count). The number of carbonyl (C=O) groups excluding carboxylic acids is 3. The Kier molecular flexibility index (Phi) is 7.22. The minimum atomic E-state index is -0.466. The van der Waals surface area contributed by atoms with Crippen LogP contribution in [-0.4, -0.2) is 36.3 Å². The molecule has 0 unspecified atom stereocenters. The van der Waals surface area contributed by atoms with Crippen LogP contribution in [0.25, 0.3) is 0 Å². The molecule has 1 aliphatic rings. The summed E-state index contributed by atoms with van der Waals surface area (Å²) in [5, 5.41) is 5.74. The number of hydrogen-bond donors (Lipinski definition) is 2. The Balaban J connectivity index is 1.37. The van der Waals surface area contributed by atoms with Gasteiger partial charge in [-0.2, -0.15) is 0 Å². The second-order valence-corrected chi connectivity index (χ2v) is 8.23. The summed E-state index contributed by atoms with van der Waals surface area (Å²) < 4.78 is 5.15. The summed E-state index contributed by atoms with van der Waals surface area (Å²) in [6.45, 7) is 1.18. The molecule has 174 valence electrons. The molecule has 0 spiro atoms. The molecular weight excluding hydrogens is 430 g/mol. The largest absolute Gasteiger partial charge is 0.497 e. The minimum absolute atomic E-state index is 0.0467. The third kappa shape index (κ3) is 5.61. The number of carbonyl (C=O) groups is 3. The maximum absolute atomic E-state index is 12.9. The Morgan fingerprint density at radius 3 is 2.38 bits per heavy atom. The van der Waals surface area contributed by atoms with Crippen LogP contribution in [0.1, 0.15) is 27.9 Å². The van der Waals surface area contributed by atoms with E-state index in [2.05, 4.69) is 10.6 Å². The monoisotopic (exact) mass is 457 g/mol. The number of amides is 3. The van der Waals surface area contributed by atoms with Crippen molar-refractivity contribution in [3.8, 4) is 5.75 Å².